The fourth-order valence-corrected chi connectivity index (χ4v) is 4.68. The number of benzene rings is 2. The Morgan fingerprint density at radius 2 is 1.08 bits per heavy atom. The van der Waals surface area contributed by atoms with Crippen molar-refractivity contribution in [2.45, 2.75) is 23.6 Å². The van der Waals surface area contributed by atoms with Crippen molar-refractivity contribution in [3.05, 3.63) is 47.9 Å². The van der Waals surface area contributed by atoms with Gasteiger partial charge in [0.15, 0.2) is 0 Å². The van der Waals surface area contributed by atoms with Crippen LogP contribution in [0.3, 0.4) is 0 Å². The minimum absolute atomic E-state index is 0.950. The quantitative estimate of drug-likeness (QED) is 0.373. The Morgan fingerprint density at radius 1 is 0.667 bits per heavy atom. The number of aryl methyl sites for hydroxylation is 2. The van der Waals surface area contributed by atoms with Crippen molar-refractivity contribution in [1.82, 2.24) is 0 Å². The maximum atomic E-state index is 5.85. The Morgan fingerprint density at radius 3 is 1.46 bits per heavy atom. The maximum absolute atomic E-state index is 5.85. The standard InChI is InChI=1S/C20H18O2S2/c1-11-19(23-3)15-9-13(5-7-17(15)21-11)14-6-8-18-16(10-14)20(24-4)12(2)22-18/h5-10H,1-4H3. The van der Waals surface area contributed by atoms with Crippen LogP contribution in [0.25, 0.3) is 33.1 Å². The Balaban J connectivity index is 1.91. The van der Waals surface area contributed by atoms with E-state index < -0.39 is 0 Å². The first kappa shape index (κ1) is 15.7. The van der Waals surface area contributed by atoms with Gasteiger partial charge in [-0.3, -0.25) is 0 Å². The molecule has 2 aromatic carbocycles. The molecule has 0 bridgehead atoms. The Hall–Kier alpha value is -1.78. The summed E-state index contributed by atoms with van der Waals surface area (Å²) in [4.78, 5) is 2.44. The summed E-state index contributed by atoms with van der Waals surface area (Å²) in [5.41, 5.74) is 4.30. The second-order valence-electron chi connectivity index (χ2n) is 5.80. The first-order valence-corrected chi connectivity index (χ1v) is 10.2. The Labute approximate surface area is 149 Å². The van der Waals surface area contributed by atoms with Crippen molar-refractivity contribution in [1.29, 1.82) is 0 Å². The molecule has 2 aromatic heterocycles. The van der Waals surface area contributed by atoms with E-state index in [0.717, 1.165) is 22.7 Å². The summed E-state index contributed by atoms with van der Waals surface area (Å²) in [5, 5.41) is 2.37. The molecule has 24 heavy (non-hydrogen) atoms. The van der Waals surface area contributed by atoms with Gasteiger partial charge in [0.05, 0.1) is 9.79 Å². The van der Waals surface area contributed by atoms with Crippen LogP contribution in [0.15, 0.2) is 55.0 Å². The van der Waals surface area contributed by atoms with Crippen LogP contribution in [0.4, 0.5) is 0 Å². The third-order valence-electron chi connectivity index (χ3n) is 4.36. The highest BCUT2D eigenvalue weighted by atomic mass is 32.2. The van der Waals surface area contributed by atoms with E-state index in [9.17, 15) is 0 Å². The molecule has 0 fully saturated rings. The lowest BCUT2D eigenvalue weighted by atomic mass is 10.0. The van der Waals surface area contributed by atoms with E-state index in [1.54, 1.807) is 23.5 Å². The number of hydrogen-bond acceptors (Lipinski definition) is 4. The molecule has 0 N–H and O–H groups in total. The van der Waals surface area contributed by atoms with Crippen molar-refractivity contribution in [2.24, 2.45) is 0 Å². The van der Waals surface area contributed by atoms with Crippen molar-refractivity contribution in [3.63, 3.8) is 0 Å². The van der Waals surface area contributed by atoms with Gasteiger partial charge >= 0.3 is 0 Å². The minimum atomic E-state index is 0.950. The molecule has 122 valence electrons. The molecule has 2 heterocycles. The lowest BCUT2D eigenvalue weighted by molar-refractivity contribution is 0.568. The van der Waals surface area contributed by atoms with Gasteiger partial charge in [-0.2, -0.15) is 0 Å². The first-order valence-electron chi connectivity index (χ1n) is 7.77. The van der Waals surface area contributed by atoms with E-state index >= 15 is 0 Å². The third-order valence-corrected chi connectivity index (χ3v) is 6.19. The van der Waals surface area contributed by atoms with Gasteiger partial charge in [-0.15, -0.1) is 23.5 Å². The monoisotopic (exact) mass is 354 g/mol. The van der Waals surface area contributed by atoms with Crippen LogP contribution in [-0.2, 0) is 0 Å². The number of fused-ring (bicyclic) bond motifs is 2. The average Bonchev–Trinajstić information content (AvgIpc) is 3.07. The van der Waals surface area contributed by atoms with E-state index in [-0.39, 0.29) is 0 Å². The van der Waals surface area contributed by atoms with Crippen LogP contribution in [0.1, 0.15) is 11.5 Å². The van der Waals surface area contributed by atoms with Crippen molar-refractivity contribution < 1.29 is 8.83 Å². The molecule has 4 heteroatoms. The zero-order valence-corrected chi connectivity index (χ0v) is 15.7. The van der Waals surface area contributed by atoms with E-state index in [1.807, 2.05) is 13.8 Å². The summed E-state index contributed by atoms with van der Waals surface area (Å²) in [5.74, 6) is 1.97. The van der Waals surface area contributed by atoms with Crippen LogP contribution >= 0.6 is 23.5 Å². The van der Waals surface area contributed by atoms with Gasteiger partial charge in [-0.25, -0.2) is 0 Å². The van der Waals surface area contributed by atoms with E-state index in [4.69, 9.17) is 8.83 Å². The van der Waals surface area contributed by atoms with E-state index in [2.05, 4.69) is 48.9 Å². The number of furan rings is 2. The molecule has 4 aromatic rings. The molecular weight excluding hydrogens is 336 g/mol. The normalized spacial score (nSPS) is 11.7. The predicted octanol–water partition coefficient (Wildman–Crippen LogP) is 6.91. The zero-order valence-electron chi connectivity index (χ0n) is 14.1. The number of thioether (sulfide) groups is 2. The lowest BCUT2D eigenvalue weighted by Crippen LogP contribution is -1.79. The third kappa shape index (κ3) is 2.36. The molecule has 0 saturated heterocycles. The summed E-state index contributed by atoms with van der Waals surface area (Å²) in [7, 11) is 0. The second kappa shape index (κ2) is 5.94. The minimum Gasteiger partial charge on any atom is -0.460 e. The smallest absolute Gasteiger partial charge is 0.135 e. The molecule has 2 nitrogen and oxygen atoms in total. The predicted molar refractivity (Wildman–Crippen MR) is 104 cm³/mol. The number of hydrogen-bond donors (Lipinski definition) is 0. The maximum Gasteiger partial charge on any atom is 0.135 e. The summed E-state index contributed by atoms with van der Waals surface area (Å²) >= 11 is 3.47. The Bertz CT molecular complexity index is 971. The first-order chi connectivity index (χ1) is 11.6. The molecule has 0 aliphatic carbocycles. The molecule has 0 saturated carbocycles. The zero-order chi connectivity index (χ0) is 16.8. The summed E-state index contributed by atoms with van der Waals surface area (Å²) in [6.45, 7) is 4.05. The van der Waals surface area contributed by atoms with Gasteiger partial charge < -0.3 is 8.83 Å². The van der Waals surface area contributed by atoms with Crippen LogP contribution in [0.5, 0.6) is 0 Å². The highest BCUT2D eigenvalue weighted by molar-refractivity contribution is 7.99. The van der Waals surface area contributed by atoms with Crippen molar-refractivity contribution >= 4 is 45.5 Å². The van der Waals surface area contributed by atoms with E-state index in [1.165, 1.54) is 31.7 Å². The molecule has 0 atom stereocenters. The Kier molecular flexibility index (Phi) is 3.89. The molecule has 0 aliphatic rings. The van der Waals surface area contributed by atoms with Crippen LogP contribution < -0.4 is 0 Å². The fraction of sp³-hybridized carbons (Fsp3) is 0.200. The summed E-state index contributed by atoms with van der Waals surface area (Å²) in [6.07, 6.45) is 4.18. The SMILES string of the molecule is CSc1c(C)oc2ccc(-c3ccc4oc(C)c(SC)c4c3)cc12. The molecule has 0 aliphatic heterocycles. The van der Waals surface area contributed by atoms with Gasteiger partial charge in [0.25, 0.3) is 0 Å². The van der Waals surface area contributed by atoms with Gasteiger partial charge in [-0.1, -0.05) is 12.1 Å². The van der Waals surface area contributed by atoms with Crippen molar-refractivity contribution in [2.75, 3.05) is 12.5 Å². The number of rotatable bonds is 3. The molecule has 0 amide bonds. The van der Waals surface area contributed by atoms with Gasteiger partial charge in [-0.05, 0) is 61.8 Å². The summed E-state index contributed by atoms with van der Waals surface area (Å²) in [6, 6.07) is 12.8. The average molecular weight is 354 g/mol. The summed E-state index contributed by atoms with van der Waals surface area (Å²) < 4.78 is 11.7. The second-order valence-corrected chi connectivity index (χ2v) is 7.44. The molecule has 0 unspecified atom stereocenters. The topological polar surface area (TPSA) is 26.3 Å². The molecule has 0 radical (unpaired) electrons. The van der Waals surface area contributed by atoms with Crippen LogP contribution in [0.2, 0.25) is 0 Å². The molecule has 4 rings (SSSR count). The lowest BCUT2D eigenvalue weighted by Gasteiger charge is -2.03. The fourth-order valence-electron chi connectivity index (χ4n) is 3.26. The van der Waals surface area contributed by atoms with E-state index in [0.29, 0.717) is 0 Å². The van der Waals surface area contributed by atoms with Gasteiger partial charge in [0.1, 0.15) is 22.7 Å². The van der Waals surface area contributed by atoms with Crippen molar-refractivity contribution in [3.8, 4) is 11.1 Å². The van der Waals surface area contributed by atoms with Crippen LogP contribution in [-0.4, -0.2) is 12.5 Å². The molecule has 0 spiro atoms. The molecular formula is C20H18O2S2. The van der Waals surface area contributed by atoms with Crippen LogP contribution in [0, 0.1) is 13.8 Å². The van der Waals surface area contributed by atoms with Gasteiger partial charge in [0, 0.05) is 10.8 Å². The largest absolute Gasteiger partial charge is 0.460 e. The van der Waals surface area contributed by atoms with Gasteiger partial charge in [0.2, 0.25) is 0 Å². The highest BCUT2D eigenvalue weighted by Crippen LogP contribution is 2.38. The highest BCUT2D eigenvalue weighted by Gasteiger charge is 2.14.